The van der Waals surface area contributed by atoms with E-state index in [1.54, 1.807) is 13.8 Å². The number of ether oxygens (including phenoxy) is 1. The number of aliphatic hydroxyl groups excluding tert-OH is 1. The maximum absolute atomic E-state index is 11.2. The predicted octanol–water partition coefficient (Wildman–Crippen LogP) is 0.395. The van der Waals surface area contributed by atoms with Crippen molar-refractivity contribution in [3.05, 3.63) is 0 Å². The molecular weight excluding hydrogens is 182 g/mol. The lowest BCUT2D eigenvalue weighted by Crippen LogP contribution is -2.42. The molecule has 0 aliphatic rings. The van der Waals surface area contributed by atoms with Crippen molar-refractivity contribution in [3.8, 4) is 0 Å². The van der Waals surface area contributed by atoms with E-state index < -0.39 is 6.10 Å². The van der Waals surface area contributed by atoms with Crippen molar-refractivity contribution >= 4 is 5.97 Å². The smallest absolute Gasteiger partial charge is 0.308 e. The number of rotatable bonds is 5. The van der Waals surface area contributed by atoms with Crippen molar-refractivity contribution in [2.24, 2.45) is 0 Å². The van der Waals surface area contributed by atoms with E-state index in [2.05, 4.69) is 0 Å². The van der Waals surface area contributed by atoms with Crippen LogP contribution in [0.2, 0.25) is 0 Å². The number of hydrogen-bond acceptors (Lipinski definition) is 3. The van der Waals surface area contributed by atoms with Crippen LogP contribution in [-0.4, -0.2) is 55.5 Å². The molecule has 0 saturated carbocycles. The van der Waals surface area contributed by atoms with Gasteiger partial charge in [0.2, 0.25) is 0 Å². The number of aliphatic hydroxyl groups is 1. The molecule has 0 aromatic carbocycles. The van der Waals surface area contributed by atoms with Crippen LogP contribution in [-0.2, 0) is 9.53 Å². The molecule has 1 N–H and O–H groups in total. The maximum atomic E-state index is 11.2. The Labute approximate surface area is 86.1 Å². The Hall–Kier alpha value is -0.610. The number of carbonyl (C=O) groups is 1. The summed E-state index contributed by atoms with van der Waals surface area (Å²) in [5, 5.41) is 9.55. The Morgan fingerprint density at radius 2 is 1.86 bits per heavy atom. The molecule has 4 nitrogen and oxygen atoms in total. The molecule has 0 spiro atoms. The van der Waals surface area contributed by atoms with Crippen molar-refractivity contribution in [3.63, 3.8) is 0 Å². The Balaban J connectivity index is 3.83. The van der Waals surface area contributed by atoms with Gasteiger partial charge >= 0.3 is 5.97 Å². The Kier molecular flexibility index (Phi) is 5.08. The third kappa shape index (κ3) is 8.01. The summed E-state index contributed by atoms with van der Waals surface area (Å²) in [6.07, 6.45) is -0.659. The lowest BCUT2D eigenvalue weighted by atomic mass is 10.2. The Morgan fingerprint density at radius 3 is 2.21 bits per heavy atom. The average molecular weight is 204 g/mol. The molecule has 0 bridgehead atoms. The highest BCUT2D eigenvalue weighted by Crippen LogP contribution is 2.02. The van der Waals surface area contributed by atoms with Crippen LogP contribution in [0.1, 0.15) is 20.3 Å². The summed E-state index contributed by atoms with van der Waals surface area (Å²) in [6.45, 7) is 4.14. The largest absolute Gasteiger partial charge is 0.463 e. The number of likely N-dealkylation sites (N-methyl/N-ethyl adjacent to an activating group) is 1. The van der Waals surface area contributed by atoms with Crippen LogP contribution < -0.4 is 0 Å². The van der Waals surface area contributed by atoms with E-state index in [4.69, 9.17) is 4.74 Å². The zero-order valence-electron chi connectivity index (χ0n) is 9.78. The van der Waals surface area contributed by atoms with Gasteiger partial charge in [0.25, 0.3) is 0 Å². The van der Waals surface area contributed by atoms with Gasteiger partial charge in [0, 0.05) is 0 Å². The normalized spacial score (nSPS) is 14.2. The number of carbonyl (C=O) groups excluding carboxylic acids is 1. The average Bonchev–Trinajstić information content (AvgIpc) is 1.77. The lowest BCUT2D eigenvalue weighted by molar-refractivity contribution is -0.873. The van der Waals surface area contributed by atoms with E-state index >= 15 is 0 Å². The molecular formula is C10H22NO3+. The van der Waals surface area contributed by atoms with Crippen molar-refractivity contribution in [2.75, 3.05) is 27.7 Å². The fourth-order valence-corrected chi connectivity index (χ4v) is 1.20. The van der Waals surface area contributed by atoms with Crippen molar-refractivity contribution in [1.29, 1.82) is 0 Å². The predicted molar refractivity (Wildman–Crippen MR) is 54.8 cm³/mol. The van der Waals surface area contributed by atoms with Gasteiger partial charge in [0.15, 0.2) is 0 Å². The van der Waals surface area contributed by atoms with Gasteiger partial charge in [-0.15, -0.1) is 0 Å². The summed E-state index contributed by atoms with van der Waals surface area (Å²) >= 11 is 0. The van der Waals surface area contributed by atoms with Crippen LogP contribution in [0.25, 0.3) is 0 Å². The minimum absolute atomic E-state index is 0.0771. The molecule has 0 unspecified atom stereocenters. The van der Waals surface area contributed by atoms with E-state index in [9.17, 15) is 9.90 Å². The zero-order valence-corrected chi connectivity index (χ0v) is 9.78. The maximum Gasteiger partial charge on any atom is 0.308 e. The minimum atomic E-state index is -0.624. The first-order valence-electron chi connectivity index (χ1n) is 4.88. The first-order valence-corrected chi connectivity index (χ1v) is 4.88. The van der Waals surface area contributed by atoms with Gasteiger partial charge < -0.3 is 14.3 Å². The molecule has 0 fully saturated rings. The van der Waals surface area contributed by atoms with Gasteiger partial charge in [0.1, 0.15) is 12.6 Å². The number of esters is 1. The third-order valence-electron chi connectivity index (χ3n) is 1.53. The van der Waals surface area contributed by atoms with Gasteiger partial charge in [-0.05, 0) is 13.8 Å². The second kappa shape index (κ2) is 5.32. The summed E-state index contributed by atoms with van der Waals surface area (Å²) in [4.78, 5) is 11.2. The van der Waals surface area contributed by atoms with Crippen LogP contribution in [0.4, 0.5) is 0 Å². The van der Waals surface area contributed by atoms with Gasteiger partial charge in [0.05, 0.1) is 33.7 Å². The van der Waals surface area contributed by atoms with E-state index in [0.717, 1.165) is 0 Å². The molecule has 0 aromatic rings. The molecule has 0 aromatic heterocycles. The summed E-state index contributed by atoms with van der Waals surface area (Å²) in [7, 11) is 5.91. The van der Waals surface area contributed by atoms with Gasteiger partial charge in [-0.2, -0.15) is 0 Å². The van der Waals surface area contributed by atoms with E-state index in [1.165, 1.54) is 0 Å². The molecule has 0 saturated heterocycles. The van der Waals surface area contributed by atoms with Crippen molar-refractivity contribution in [2.45, 2.75) is 32.5 Å². The minimum Gasteiger partial charge on any atom is -0.463 e. The second-order valence-electron chi connectivity index (χ2n) is 4.87. The van der Waals surface area contributed by atoms with Gasteiger partial charge in [-0.25, -0.2) is 0 Å². The topological polar surface area (TPSA) is 46.5 Å². The molecule has 84 valence electrons. The van der Waals surface area contributed by atoms with Crippen molar-refractivity contribution in [1.82, 2.24) is 0 Å². The van der Waals surface area contributed by atoms with Crippen LogP contribution in [0.3, 0.4) is 0 Å². The molecule has 0 rings (SSSR count). The molecule has 0 amide bonds. The quantitative estimate of drug-likeness (QED) is 0.521. The van der Waals surface area contributed by atoms with E-state index in [0.29, 0.717) is 11.0 Å². The van der Waals surface area contributed by atoms with E-state index in [-0.39, 0.29) is 18.5 Å². The summed E-state index contributed by atoms with van der Waals surface area (Å²) in [5.41, 5.74) is 0. The fraction of sp³-hybridized carbons (Fsp3) is 0.900. The van der Waals surface area contributed by atoms with E-state index in [1.807, 2.05) is 21.1 Å². The van der Waals surface area contributed by atoms with Crippen LogP contribution in [0.5, 0.6) is 0 Å². The Morgan fingerprint density at radius 1 is 1.36 bits per heavy atom. The number of quaternary nitrogens is 1. The van der Waals surface area contributed by atoms with Crippen LogP contribution in [0.15, 0.2) is 0 Å². The summed E-state index contributed by atoms with van der Waals surface area (Å²) < 4.78 is 5.56. The standard InChI is InChI=1S/C10H22NO3/c1-8(2)14-10(13)6-9(12)7-11(3,4)5/h8-9,12H,6-7H2,1-5H3/q+1/t9-/m0/s1. The first kappa shape index (κ1) is 13.4. The number of nitrogens with zero attached hydrogens (tertiary/aromatic N) is 1. The molecule has 14 heavy (non-hydrogen) atoms. The SMILES string of the molecule is CC(C)OC(=O)C[C@H](O)C[N+](C)(C)C. The highest BCUT2D eigenvalue weighted by Gasteiger charge is 2.19. The molecule has 4 heteroatoms. The zero-order chi connectivity index (χ0) is 11.4. The van der Waals surface area contributed by atoms with Crippen molar-refractivity contribution < 1.29 is 19.1 Å². The highest BCUT2D eigenvalue weighted by atomic mass is 16.5. The highest BCUT2D eigenvalue weighted by molar-refractivity contribution is 5.70. The van der Waals surface area contributed by atoms with Gasteiger partial charge in [-0.3, -0.25) is 4.79 Å². The fourth-order valence-electron chi connectivity index (χ4n) is 1.20. The lowest BCUT2D eigenvalue weighted by Gasteiger charge is -2.26. The second-order valence-corrected chi connectivity index (χ2v) is 4.87. The van der Waals surface area contributed by atoms with Crippen LogP contribution in [0, 0.1) is 0 Å². The summed E-state index contributed by atoms with van der Waals surface area (Å²) in [5.74, 6) is -0.332. The number of hydrogen-bond donors (Lipinski definition) is 1. The molecule has 0 heterocycles. The molecule has 0 aliphatic carbocycles. The molecule has 0 aliphatic heterocycles. The van der Waals surface area contributed by atoms with Gasteiger partial charge in [-0.1, -0.05) is 0 Å². The summed E-state index contributed by atoms with van der Waals surface area (Å²) in [6, 6.07) is 0. The monoisotopic (exact) mass is 204 g/mol. The Bertz CT molecular complexity index is 184. The molecule has 0 radical (unpaired) electrons. The first-order chi connectivity index (χ1) is 6.20. The third-order valence-corrected chi connectivity index (χ3v) is 1.53. The molecule has 1 atom stereocenters. The van der Waals surface area contributed by atoms with Crippen LogP contribution >= 0.6 is 0 Å².